The van der Waals surface area contributed by atoms with Crippen molar-refractivity contribution in [3.8, 4) is 0 Å². The Balaban J connectivity index is 1.32. The Kier molecular flexibility index (Phi) is 3.43. The molecule has 2 aliphatic heterocycles. The molecule has 5 aliphatic rings. The first-order valence-electron chi connectivity index (χ1n) is 11.9. The Labute approximate surface area is 184 Å². The minimum atomic E-state index is -0.120. The topological polar surface area (TPSA) is 22.1 Å². The number of allylic oxidation sites excluding steroid dienone is 3. The molecule has 4 atom stereocenters. The molecule has 2 spiro atoms. The van der Waals surface area contributed by atoms with Crippen LogP contribution in [0.3, 0.4) is 0 Å². The van der Waals surface area contributed by atoms with Gasteiger partial charge < -0.3 is 4.74 Å². The van der Waals surface area contributed by atoms with Crippen LogP contribution >= 0.6 is 0 Å². The predicted octanol–water partition coefficient (Wildman–Crippen LogP) is 6.94. The van der Waals surface area contributed by atoms with Crippen LogP contribution in [-0.4, -0.2) is 16.2 Å². The lowest BCUT2D eigenvalue weighted by atomic mass is 9.58. The van der Waals surface area contributed by atoms with Gasteiger partial charge in [0.15, 0.2) is 0 Å². The molecule has 2 aromatic rings. The minimum absolute atomic E-state index is 0.0672. The summed E-state index contributed by atoms with van der Waals surface area (Å²) < 4.78 is 7.24. The fourth-order valence-corrected chi connectivity index (χ4v) is 7.62. The summed E-state index contributed by atoms with van der Waals surface area (Å²) in [5.41, 5.74) is 7.16. The third-order valence-electron chi connectivity index (χ3n) is 9.17. The molecule has 31 heavy (non-hydrogen) atoms. The van der Waals surface area contributed by atoms with Gasteiger partial charge in [-0.2, -0.15) is 0 Å². The second-order valence-corrected chi connectivity index (χ2v) is 10.7. The van der Waals surface area contributed by atoms with Gasteiger partial charge in [-0.25, -0.2) is 0 Å². The number of pyridine rings is 1. The summed E-state index contributed by atoms with van der Waals surface area (Å²) in [6.07, 6.45) is 19.2. The number of hydrogen-bond donors (Lipinski definition) is 0. The lowest BCUT2D eigenvalue weighted by molar-refractivity contribution is -0.123. The molecule has 3 aliphatic carbocycles. The van der Waals surface area contributed by atoms with Gasteiger partial charge in [-0.1, -0.05) is 49.4 Å². The highest BCUT2D eigenvalue weighted by molar-refractivity contribution is 5.87. The molecule has 0 N–H and O–H groups in total. The normalized spacial score (nSPS) is 38.2. The zero-order chi connectivity index (χ0) is 20.8. The molecule has 2 fully saturated rings. The zero-order valence-corrected chi connectivity index (χ0v) is 18.3. The summed E-state index contributed by atoms with van der Waals surface area (Å²) in [5.74, 6) is 0.506. The fraction of sp³-hybridized carbons (Fsp3) is 0.414. The van der Waals surface area contributed by atoms with Crippen molar-refractivity contribution in [2.45, 2.75) is 63.1 Å². The van der Waals surface area contributed by atoms with Gasteiger partial charge in [-0.15, -0.1) is 0 Å². The van der Waals surface area contributed by atoms with E-state index in [1.807, 2.05) is 12.4 Å². The van der Waals surface area contributed by atoms with E-state index < -0.39 is 0 Å². The first kappa shape index (κ1) is 18.2. The van der Waals surface area contributed by atoms with Crippen LogP contribution in [0.5, 0.6) is 0 Å². The highest BCUT2D eigenvalue weighted by Crippen LogP contribution is 2.67. The van der Waals surface area contributed by atoms with Gasteiger partial charge in [0.25, 0.3) is 0 Å². The number of ether oxygens (including phenoxy) is 1. The Hall–Kier alpha value is -2.45. The van der Waals surface area contributed by atoms with Crippen molar-refractivity contribution < 1.29 is 4.74 Å². The van der Waals surface area contributed by atoms with E-state index in [9.17, 15) is 0 Å². The van der Waals surface area contributed by atoms with Crippen LogP contribution in [0.1, 0.15) is 57.4 Å². The largest absolute Gasteiger partial charge is 0.359 e. The summed E-state index contributed by atoms with van der Waals surface area (Å²) in [6.45, 7) is 6.82. The lowest BCUT2D eigenvalue weighted by Crippen LogP contribution is -2.53. The highest BCUT2D eigenvalue weighted by atomic mass is 16.5. The summed E-state index contributed by atoms with van der Waals surface area (Å²) in [6, 6.07) is 8.98. The molecule has 1 saturated heterocycles. The van der Waals surface area contributed by atoms with Crippen LogP contribution in [-0.2, 0) is 4.74 Å². The third kappa shape index (κ3) is 2.24. The second-order valence-electron chi connectivity index (χ2n) is 10.7. The maximum atomic E-state index is 7.24. The molecular formula is C29H29NO. The summed E-state index contributed by atoms with van der Waals surface area (Å²) in [5, 5.41) is 2.48. The Bertz CT molecular complexity index is 1250. The van der Waals surface area contributed by atoms with Gasteiger partial charge in [0.05, 0.1) is 11.2 Å². The van der Waals surface area contributed by atoms with E-state index in [4.69, 9.17) is 4.74 Å². The van der Waals surface area contributed by atoms with Crippen LogP contribution in [0.2, 0.25) is 0 Å². The van der Waals surface area contributed by atoms with Crippen molar-refractivity contribution in [3.63, 3.8) is 0 Å². The molecule has 1 unspecified atom stereocenters. The maximum Gasteiger partial charge on any atom is 0.0981 e. The van der Waals surface area contributed by atoms with E-state index in [2.05, 4.69) is 61.0 Å². The highest BCUT2D eigenvalue weighted by Gasteiger charge is 2.64. The molecule has 2 heteroatoms. The number of aromatic nitrogens is 1. The monoisotopic (exact) mass is 407 g/mol. The smallest absolute Gasteiger partial charge is 0.0981 e. The van der Waals surface area contributed by atoms with E-state index in [0.717, 1.165) is 44.9 Å². The molecule has 1 aromatic heterocycles. The fourth-order valence-electron chi connectivity index (χ4n) is 7.62. The van der Waals surface area contributed by atoms with Crippen molar-refractivity contribution in [2.24, 2.45) is 11.3 Å². The van der Waals surface area contributed by atoms with Gasteiger partial charge in [0.1, 0.15) is 0 Å². The van der Waals surface area contributed by atoms with E-state index >= 15 is 0 Å². The van der Waals surface area contributed by atoms with E-state index in [1.165, 1.54) is 38.6 Å². The minimum Gasteiger partial charge on any atom is -0.359 e. The lowest BCUT2D eigenvalue weighted by Gasteiger charge is -2.53. The Morgan fingerprint density at radius 2 is 2.03 bits per heavy atom. The average molecular weight is 408 g/mol. The molecule has 156 valence electrons. The second kappa shape index (κ2) is 5.86. The van der Waals surface area contributed by atoms with Gasteiger partial charge in [0.2, 0.25) is 0 Å². The molecule has 1 aromatic carbocycles. The number of hydrogen-bond acceptors (Lipinski definition) is 2. The van der Waals surface area contributed by atoms with Crippen LogP contribution in [0.4, 0.5) is 0 Å². The van der Waals surface area contributed by atoms with Gasteiger partial charge in [-0.3, -0.25) is 4.98 Å². The molecule has 7 rings (SSSR count). The van der Waals surface area contributed by atoms with Gasteiger partial charge in [-0.05, 0) is 78.3 Å². The molecular weight excluding hydrogens is 378 g/mol. The molecule has 0 amide bonds. The first-order valence-corrected chi connectivity index (χ1v) is 11.9. The van der Waals surface area contributed by atoms with Crippen molar-refractivity contribution in [2.75, 3.05) is 0 Å². The number of nitrogens with zero attached hydrogens (tertiary/aromatic N) is 1. The summed E-state index contributed by atoms with van der Waals surface area (Å²) in [4.78, 5) is 4.34. The van der Waals surface area contributed by atoms with Crippen LogP contribution < -0.4 is 0 Å². The van der Waals surface area contributed by atoms with E-state index in [1.54, 1.807) is 0 Å². The summed E-state index contributed by atoms with van der Waals surface area (Å²) in [7, 11) is 0. The first-order chi connectivity index (χ1) is 15.0. The number of rotatable bonds is 1. The van der Waals surface area contributed by atoms with Crippen LogP contribution in [0.15, 0.2) is 78.2 Å². The van der Waals surface area contributed by atoms with E-state index in [0.29, 0.717) is 5.92 Å². The van der Waals surface area contributed by atoms with Crippen LogP contribution in [0, 0.1) is 11.3 Å². The third-order valence-corrected chi connectivity index (χ3v) is 9.17. The van der Waals surface area contributed by atoms with Crippen molar-refractivity contribution in [3.05, 3.63) is 83.7 Å². The SMILES string of the molecule is C=C1CCC2=CC3=CC[C@]4(C)C(c5ccc6ccncc6c5)=CC[C@H]4[C@@]34CCC2(C1)O4. The van der Waals surface area contributed by atoms with Crippen molar-refractivity contribution in [1.29, 1.82) is 0 Å². The molecule has 0 radical (unpaired) electrons. The van der Waals surface area contributed by atoms with Crippen molar-refractivity contribution in [1.82, 2.24) is 4.98 Å². The van der Waals surface area contributed by atoms with Gasteiger partial charge >= 0.3 is 0 Å². The summed E-state index contributed by atoms with van der Waals surface area (Å²) >= 11 is 0. The van der Waals surface area contributed by atoms with Gasteiger partial charge in [0, 0.05) is 35.5 Å². The Morgan fingerprint density at radius 3 is 2.97 bits per heavy atom. The number of benzene rings is 1. The molecule has 3 heterocycles. The molecule has 2 nitrogen and oxygen atoms in total. The van der Waals surface area contributed by atoms with Crippen LogP contribution in [0.25, 0.3) is 16.3 Å². The standard InChI is InChI=1S/C29H29NO/c1-19-3-6-23-16-24-9-11-27(2)25(21-5-4-20-10-14-30-18-22(20)15-21)7-8-26(27)29(24)13-12-28(23,17-19)31-29/h4-5,7,9-10,14-16,18,26H,1,3,6,8,11-13,17H2,2H3/t26-,27-,28?,29-/m1/s1. The quantitative estimate of drug-likeness (QED) is 0.478. The Morgan fingerprint density at radius 1 is 1.10 bits per heavy atom. The molecule has 2 bridgehead atoms. The average Bonchev–Trinajstić information content (AvgIpc) is 3.28. The molecule has 1 saturated carbocycles. The zero-order valence-electron chi connectivity index (χ0n) is 18.3. The predicted molar refractivity (Wildman–Crippen MR) is 125 cm³/mol. The number of fused-ring (bicyclic) bond motifs is 2. The maximum absolute atomic E-state index is 7.24. The van der Waals surface area contributed by atoms with E-state index in [-0.39, 0.29) is 16.6 Å². The van der Waals surface area contributed by atoms with Crippen molar-refractivity contribution >= 4 is 16.3 Å².